The summed E-state index contributed by atoms with van der Waals surface area (Å²) in [5, 5.41) is 2.84. The van der Waals surface area contributed by atoms with Crippen molar-refractivity contribution in [1.82, 2.24) is 10.2 Å². The summed E-state index contributed by atoms with van der Waals surface area (Å²) in [5.74, 6) is -0.966. The Labute approximate surface area is 202 Å². The van der Waals surface area contributed by atoms with Crippen molar-refractivity contribution in [2.24, 2.45) is 0 Å². The topological polar surface area (TPSA) is 86.8 Å². The number of nitrogens with zero attached hydrogens (tertiary/aromatic N) is 2. The molecule has 0 aliphatic heterocycles. The molecular weight excluding hydrogens is 457 g/mol. The average Bonchev–Trinajstić information content (AvgIpc) is 2.75. The van der Waals surface area contributed by atoms with Crippen LogP contribution in [0, 0.1) is 12.7 Å². The summed E-state index contributed by atoms with van der Waals surface area (Å²) in [4.78, 5) is 27.4. The summed E-state index contributed by atoms with van der Waals surface area (Å²) in [6, 6.07) is 12.1. The largest absolute Gasteiger partial charge is 0.352 e. The molecule has 9 heteroatoms. The van der Waals surface area contributed by atoms with Gasteiger partial charge in [0.05, 0.1) is 11.9 Å². The summed E-state index contributed by atoms with van der Waals surface area (Å²) in [5.41, 5.74) is 2.32. The number of carbonyl (C=O) groups is 2. The molecule has 0 saturated heterocycles. The molecule has 0 radical (unpaired) electrons. The monoisotopic (exact) mass is 491 g/mol. The van der Waals surface area contributed by atoms with E-state index in [9.17, 15) is 22.4 Å². The van der Waals surface area contributed by atoms with Crippen LogP contribution in [0.4, 0.5) is 10.1 Å². The third-order valence-electron chi connectivity index (χ3n) is 5.34. The van der Waals surface area contributed by atoms with Gasteiger partial charge in [-0.3, -0.25) is 13.9 Å². The number of nitrogens with one attached hydrogen (secondary N) is 1. The fourth-order valence-electron chi connectivity index (χ4n) is 3.49. The first kappa shape index (κ1) is 27.3. The molecule has 0 heterocycles. The molecule has 1 N–H and O–H groups in total. The molecule has 34 heavy (non-hydrogen) atoms. The minimum Gasteiger partial charge on any atom is -0.352 e. The number of hydrogen-bond donors (Lipinski definition) is 1. The molecule has 1 atom stereocenters. The molecule has 0 aromatic heterocycles. The zero-order valence-electron chi connectivity index (χ0n) is 20.4. The SMILES string of the molecule is Cc1ccc(CN(C(=O)CCCN(c2ccc(F)cc2)S(C)(=O)=O)[C@@H](C)C(=O)NC(C)C)cc1. The maximum atomic E-state index is 13.3. The van der Waals surface area contributed by atoms with Gasteiger partial charge in [0.25, 0.3) is 0 Å². The molecule has 0 spiro atoms. The minimum atomic E-state index is -3.62. The van der Waals surface area contributed by atoms with E-state index in [0.29, 0.717) is 5.69 Å². The Kier molecular flexibility index (Phi) is 9.61. The number of hydrogen-bond acceptors (Lipinski definition) is 4. The first-order chi connectivity index (χ1) is 15.9. The molecule has 2 amide bonds. The average molecular weight is 492 g/mol. The van der Waals surface area contributed by atoms with Gasteiger partial charge in [-0.2, -0.15) is 0 Å². The van der Waals surface area contributed by atoms with E-state index in [0.717, 1.165) is 21.7 Å². The molecule has 0 fully saturated rings. The molecule has 0 bridgehead atoms. The van der Waals surface area contributed by atoms with Crippen LogP contribution in [-0.2, 0) is 26.2 Å². The number of amides is 2. The Hall–Kier alpha value is -2.94. The third kappa shape index (κ3) is 8.13. The zero-order valence-corrected chi connectivity index (χ0v) is 21.2. The Balaban J connectivity index is 2.15. The van der Waals surface area contributed by atoms with Gasteiger partial charge in [-0.05, 0) is 63.9 Å². The Morgan fingerprint density at radius 2 is 1.59 bits per heavy atom. The molecule has 2 rings (SSSR count). The third-order valence-corrected chi connectivity index (χ3v) is 6.53. The van der Waals surface area contributed by atoms with E-state index in [1.807, 2.05) is 45.0 Å². The van der Waals surface area contributed by atoms with Crippen molar-refractivity contribution < 1.29 is 22.4 Å². The van der Waals surface area contributed by atoms with Crippen LogP contribution >= 0.6 is 0 Å². The molecule has 2 aromatic rings. The molecular formula is C25H34FN3O4S. The van der Waals surface area contributed by atoms with E-state index in [-0.39, 0.29) is 43.8 Å². The predicted octanol–water partition coefficient (Wildman–Crippen LogP) is 3.62. The Bertz CT molecular complexity index is 1070. The number of anilines is 1. The number of rotatable bonds is 11. The number of carbonyl (C=O) groups excluding carboxylic acids is 2. The van der Waals surface area contributed by atoms with Gasteiger partial charge in [-0.15, -0.1) is 0 Å². The second-order valence-electron chi connectivity index (χ2n) is 8.76. The molecule has 0 aliphatic rings. The summed E-state index contributed by atoms with van der Waals surface area (Å²) in [6.45, 7) is 7.68. The Morgan fingerprint density at radius 3 is 2.12 bits per heavy atom. The van der Waals surface area contributed by atoms with Crippen LogP contribution in [-0.4, -0.2) is 50.0 Å². The van der Waals surface area contributed by atoms with Crippen LogP contribution in [0.15, 0.2) is 48.5 Å². The van der Waals surface area contributed by atoms with Crippen LogP contribution in [0.2, 0.25) is 0 Å². The first-order valence-electron chi connectivity index (χ1n) is 11.3. The predicted molar refractivity (Wildman–Crippen MR) is 132 cm³/mol. The van der Waals surface area contributed by atoms with Gasteiger partial charge in [0.15, 0.2) is 0 Å². The lowest BCUT2D eigenvalue weighted by atomic mass is 10.1. The van der Waals surface area contributed by atoms with Crippen molar-refractivity contribution in [3.8, 4) is 0 Å². The maximum absolute atomic E-state index is 13.3. The quantitative estimate of drug-likeness (QED) is 0.520. The fourth-order valence-corrected chi connectivity index (χ4v) is 4.45. The summed E-state index contributed by atoms with van der Waals surface area (Å²) in [6.07, 6.45) is 1.37. The van der Waals surface area contributed by atoms with E-state index in [1.54, 1.807) is 6.92 Å². The minimum absolute atomic E-state index is 0.0539. The van der Waals surface area contributed by atoms with Crippen molar-refractivity contribution in [3.05, 3.63) is 65.5 Å². The summed E-state index contributed by atoms with van der Waals surface area (Å²) in [7, 11) is -3.62. The van der Waals surface area contributed by atoms with Gasteiger partial charge in [0, 0.05) is 25.6 Å². The molecule has 7 nitrogen and oxygen atoms in total. The van der Waals surface area contributed by atoms with Crippen LogP contribution in [0.25, 0.3) is 0 Å². The number of aryl methyl sites for hydroxylation is 1. The number of sulfonamides is 1. The van der Waals surface area contributed by atoms with Crippen LogP contribution in [0.3, 0.4) is 0 Å². The molecule has 186 valence electrons. The second kappa shape index (κ2) is 12.0. The van der Waals surface area contributed by atoms with Gasteiger partial charge in [0.2, 0.25) is 21.8 Å². The van der Waals surface area contributed by atoms with E-state index in [4.69, 9.17) is 0 Å². The smallest absolute Gasteiger partial charge is 0.242 e. The molecule has 0 saturated carbocycles. The highest BCUT2D eigenvalue weighted by Gasteiger charge is 2.27. The molecule has 0 unspecified atom stereocenters. The zero-order chi connectivity index (χ0) is 25.5. The highest BCUT2D eigenvalue weighted by Crippen LogP contribution is 2.19. The van der Waals surface area contributed by atoms with Gasteiger partial charge in [-0.25, -0.2) is 12.8 Å². The number of halogens is 1. The number of benzene rings is 2. The maximum Gasteiger partial charge on any atom is 0.242 e. The summed E-state index contributed by atoms with van der Waals surface area (Å²) < 4.78 is 39.0. The van der Waals surface area contributed by atoms with Crippen LogP contribution in [0.1, 0.15) is 44.7 Å². The lowest BCUT2D eigenvalue weighted by Crippen LogP contribution is -2.49. The first-order valence-corrected chi connectivity index (χ1v) is 13.1. The lowest BCUT2D eigenvalue weighted by molar-refractivity contribution is -0.140. The Morgan fingerprint density at radius 1 is 1.00 bits per heavy atom. The highest BCUT2D eigenvalue weighted by atomic mass is 32.2. The fraction of sp³-hybridized carbons (Fsp3) is 0.440. The van der Waals surface area contributed by atoms with Crippen molar-refractivity contribution in [2.75, 3.05) is 17.1 Å². The van der Waals surface area contributed by atoms with E-state index < -0.39 is 21.9 Å². The van der Waals surface area contributed by atoms with Crippen molar-refractivity contribution in [2.45, 2.75) is 59.2 Å². The van der Waals surface area contributed by atoms with Crippen LogP contribution in [0.5, 0.6) is 0 Å². The van der Waals surface area contributed by atoms with Crippen LogP contribution < -0.4 is 9.62 Å². The van der Waals surface area contributed by atoms with E-state index in [2.05, 4.69) is 5.32 Å². The van der Waals surface area contributed by atoms with E-state index in [1.165, 1.54) is 29.2 Å². The van der Waals surface area contributed by atoms with Crippen molar-refractivity contribution in [3.63, 3.8) is 0 Å². The second-order valence-corrected chi connectivity index (χ2v) is 10.7. The standard InChI is InChI=1S/C25H34FN3O4S/c1-18(2)27-25(31)20(4)28(17-21-10-8-19(3)9-11-21)24(30)7-6-16-29(34(5,32)33)23-14-12-22(26)13-15-23/h8-15,18,20H,6-7,16-17H2,1-5H3,(H,27,31)/t20-/m0/s1. The summed E-state index contributed by atoms with van der Waals surface area (Å²) >= 11 is 0. The van der Waals surface area contributed by atoms with Crippen molar-refractivity contribution >= 4 is 27.5 Å². The van der Waals surface area contributed by atoms with Gasteiger partial charge < -0.3 is 10.2 Å². The van der Waals surface area contributed by atoms with E-state index >= 15 is 0 Å². The molecule has 2 aromatic carbocycles. The lowest BCUT2D eigenvalue weighted by Gasteiger charge is -2.30. The van der Waals surface area contributed by atoms with Crippen molar-refractivity contribution in [1.29, 1.82) is 0 Å². The van der Waals surface area contributed by atoms with Gasteiger partial charge >= 0.3 is 0 Å². The molecule has 0 aliphatic carbocycles. The van der Waals surface area contributed by atoms with Gasteiger partial charge in [-0.1, -0.05) is 29.8 Å². The highest BCUT2D eigenvalue weighted by molar-refractivity contribution is 7.92. The normalized spacial score (nSPS) is 12.3. The van der Waals surface area contributed by atoms with Gasteiger partial charge in [0.1, 0.15) is 11.9 Å².